The summed E-state index contributed by atoms with van der Waals surface area (Å²) in [6, 6.07) is 5.28. The van der Waals surface area contributed by atoms with Gasteiger partial charge in [-0.15, -0.1) is 6.58 Å². The van der Waals surface area contributed by atoms with Crippen molar-refractivity contribution in [3.63, 3.8) is 0 Å². The van der Waals surface area contributed by atoms with Crippen LogP contribution in [-0.2, 0) is 11.2 Å². The fourth-order valence-electron chi connectivity index (χ4n) is 3.70. The van der Waals surface area contributed by atoms with Crippen LogP contribution in [0.5, 0.6) is 0 Å². The largest absolute Gasteiger partial charge is 0.444 e. The molecule has 1 amide bonds. The van der Waals surface area contributed by atoms with Crippen LogP contribution in [0.3, 0.4) is 0 Å². The van der Waals surface area contributed by atoms with Gasteiger partial charge in [0.15, 0.2) is 0 Å². The van der Waals surface area contributed by atoms with Gasteiger partial charge in [0.2, 0.25) is 0 Å². The number of ether oxygens (including phenoxy) is 1. The maximum Gasteiger partial charge on any atom is 0.410 e. The number of amides is 1. The quantitative estimate of drug-likeness (QED) is 0.519. The highest BCUT2D eigenvalue weighted by atomic mass is 19.1. The van der Waals surface area contributed by atoms with Crippen molar-refractivity contribution in [2.24, 2.45) is 11.8 Å². The summed E-state index contributed by atoms with van der Waals surface area (Å²) < 4.78 is 20.6. The first kappa shape index (κ1) is 20.5. The summed E-state index contributed by atoms with van der Waals surface area (Å²) in [7, 11) is 0. The maximum atomic E-state index is 15.1. The zero-order chi connectivity index (χ0) is 20.3. The predicted molar refractivity (Wildman–Crippen MR) is 109 cm³/mol. The van der Waals surface area contributed by atoms with Crippen LogP contribution in [0, 0.1) is 29.5 Å². The molecule has 2 fully saturated rings. The third-order valence-electron chi connectivity index (χ3n) is 5.28. The Balaban J connectivity index is 1.81. The third kappa shape index (κ3) is 5.16. The molecule has 2 unspecified atom stereocenters. The highest BCUT2D eigenvalue weighted by Crippen LogP contribution is 2.32. The summed E-state index contributed by atoms with van der Waals surface area (Å²) in [5.74, 6) is 6.55. The van der Waals surface area contributed by atoms with E-state index in [-0.39, 0.29) is 23.9 Å². The molecule has 2 aliphatic rings. The standard InChI is InChI=1S/C24H30FNO2/c1-5-7-18-14-15-26(23(27)28-24(2,3)4)21(18)16-20-9-6-8-19(22(20)25)13-12-17-10-11-17/h5-6,8-9,17-18,21H,1,7,10-11,14-16H2,2-4H3. The van der Waals surface area contributed by atoms with Crippen molar-refractivity contribution in [2.45, 2.75) is 64.5 Å². The predicted octanol–water partition coefficient (Wildman–Crippen LogP) is 5.33. The first-order valence-electron chi connectivity index (χ1n) is 10.2. The number of allylic oxidation sites excluding steroid dienone is 1. The summed E-state index contributed by atoms with van der Waals surface area (Å²) in [6.07, 6.45) is 5.92. The van der Waals surface area contributed by atoms with E-state index in [0.717, 1.165) is 25.7 Å². The molecule has 0 aromatic heterocycles. The maximum absolute atomic E-state index is 15.1. The van der Waals surface area contributed by atoms with Crippen LogP contribution in [-0.4, -0.2) is 29.2 Å². The van der Waals surface area contributed by atoms with Crippen LogP contribution >= 0.6 is 0 Å². The molecule has 0 radical (unpaired) electrons. The Bertz CT molecular complexity index is 795. The summed E-state index contributed by atoms with van der Waals surface area (Å²) in [5, 5.41) is 0. The minimum Gasteiger partial charge on any atom is -0.444 e. The van der Waals surface area contributed by atoms with Gasteiger partial charge in [0.25, 0.3) is 0 Å². The van der Waals surface area contributed by atoms with Gasteiger partial charge in [-0.2, -0.15) is 0 Å². The molecule has 28 heavy (non-hydrogen) atoms. The van der Waals surface area contributed by atoms with E-state index in [2.05, 4.69) is 18.4 Å². The molecule has 4 heteroatoms. The number of nitrogens with zero attached hydrogens (tertiary/aromatic N) is 1. The number of carbonyl (C=O) groups excluding carboxylic acids is 1. The van der Waals surface area contributed by atoms with Gasteiger partial charge in [-0.1, -0.05) is 30.0 Å². The smallest absolute Gasteiger partial charge is 0.410 e. The Morgan fingerprint density at radius 1 is 1.36 bits per heavy atom. The number of halogens is 1. The average Bonchev–Trinajstić information content (AvgIpc) is 3.36. The fraction of sp³-hybridized carbons (Fsp3) is 0.542. The Hall–Kier alpha value is -2.28. The van der Waals surface area contributed by atoms with Gasteiger partial charge < -0.3 is 9.64 Å². The van der Waals surface area contributed by atoms with Crippen LogP contribution in [0.4, 0.5) is 9.18 Å². The Morgan fingerprint density at radius 3 is 2.75 bits per heavy atom. The molecular formula is C24H30FNO2. The van der Waals surface area contributed by atoms with Gasteiger partial charge in [0, 0.05) is 18.5 Å². The van der Waals surface area contributed by atoms with Crippen LogP contribution in [0.15, 0.2) is 30.9 Å². The molecule has 1 saturated heterocycles. The average molecular weight is 384 g/mol. The minimum absolute atomic E-state index is 0.103. The normalized spacial score (nSPS) is 21.8. The molecule has 1 aromatic carbocycles. The van der Waals surface area contributed by atoms with Gasteiger partial charge in [-0.05, 0) is 70.4 Å². The molecule has 0 bridgehead atoms. The molecular weight excluding hydrogens is 353 g/mol. The van der Waals surface area contributed by atoms with Gasteiger partial charge >= 0.3 is 6.09 Å². The van der Waals surface area contributed by atoms with Crippen molar-refractivity contribution >= 4 is 6.09 Å². The minimum atomic E-state index is -0.554. The van der Waals surface area contributed by atoms with E-state index in [1.807, 2.05) is 32.9 Å². The van der Waals surface area contributed by atoms with E-state index in [4.69, 9.17) is 4.74 Å². The number of rotatable bonds is 4. The summed E-state index contributed by atoms with van der Waals surface area (Å²) in [4.78, 5) is 14.5. The molecule has 1 aromatic rings. The van der Waals surface area contributed by atoms with Crippen LogP contribution < -0.4 is 0 Å². The van der Waals surface area contributed by atoms with E-state index >= 15 is 4.39 Å². The molecule has 3 nitrogen and oxygen atoms in total. The molecule has 0 N–H and O–H groups in total. The van der Waals surface area contributed by atoms with Crippen LogP contribution in [0.1, 0.15) is 57.6 Å². The lowest BCUT2D eigenvalue weighted by Gasteiger charge is -2.30. The lowest BCUT2D eigenvalue weighted by Crippen LogP contribution is -2.42. The molecule has 0 spiro atoms. The summed E-state index contributed by atoms with van der Waals surface area (Å²) in [6.45, 7) is 10.1. The van der Waals surface area contributed by atoms with E-state index in [1.165, 1.54) is 0 Å². The van der Waals surface area contributed by atoms with E-state index in [0.29, 0.717) is 30.0 Å². The van der Waals surface area contributed by atoms with Crippen molar-refractivity contribution in [1.82, 2.24) is 4.90 Å². The molecule has 1 saturated carbocycles. The van der Waals surface area contributed by atoms with Crippen molar-refractivity contribution < 1.29 is 13.9 Å². The molecule has 3 rings (SSSR count). The molecule has 2 atom stereocenters. The number of hydrogen-bond acceptors (Lipinski definition) is 2. The Kier molecular flexibility index (Phi) is 6.13. The van der Waals surface area contributed by atoms with Crippen molar-refractivity contribution in [3.05, 3.63) is 47.8 Å². The molecule has 1 aliphatic heterocycles. The number of hydrogen-bond donors (Lipinski definition) is 0. The van der Waals surface area contributed by atoms with Crippen LogP contribution in [0.25, 0.3) is 0 Å². The van der Waals surface area contributed by atoms with Crippen LogP contribution in [0.2, 0.25) is 0 Å². The third-order valence-corrected chi connectivity index (χ3v) is 5.28. The van der Waals surface area contributed by atoms with E-state index in [9.17, 15) is 4.79 Å². The zero-order valence-electron chi connectivity index (χ0n) is 17.1. The zero-order valence-corrected chi connectivity index (χ0v) is 17.1. The summed E-state index contributed by atoms with van der Waals surface area (Å²) in [5.41, 5.74) is 0.505. The number of carbonyl (C=O) groups is 1. The first-order valence-corrected chi connectivity index (χ1v) is 10.2. The van der Waals surface area contributed by atoms with Gasteiger partial charge in [-0.25, -0.2) is 9.18 Å². The first-order chi connectivity index (χ1) is 13.3. The highest BCUT2D eigenvalue weighted by molar-refractivity contribution is 5.69. The topological polar surface area (TPSA) is 29.5 Å². The fourth-order valence-corrected chi connectivity index (χ4v) is 3.70. The van der Waals surface area contributed by atoms with Gasteiger partial charge in [-0.3, -0.25) is 0 Å². The second-order valence-electron chi connectivity index (χ2n) is 8.84. The monoisotopic (exact) mass is 383 g/mol. The van der Waals surface area contributed by atoms with E-state index < -0.39 is 5.60 Å². The number of likely N-dealkylation sites (tertiary alicyclic amines) is 1. The number of benzene rings is 1. The van der Waals surface area contributed by atoms with Crippen molar-refractivity contribution in [1.29, 1.82) is 0 Å². The van der Waals surface area contributed by atoms with Crippen molar-refractivity contribution in [2.75, 3.05) is 6.54 Å². The molecule has 1 heterocycles. The highest BCUT2D eigenvalue weighted by Gasteiger charge is 2.38. The van der Waals surface area contributed by atoms with Crippen molar-refractivity contribution in [3.8, 4) is 11.8 Å². The Morgan fingerprint density at radius 2 is 2.11 bits per heavy atom. The lowest BCUT2D eigenvalue weighted by molar-refractivity contribution is 0.0207. The lowest BCUT2D eigenvalue weighted by atomic mass is 9.91. The Labute approximate surface area is 167 Å². The van der Waals surface area contributed by atoms with Gasteiger partial charge in [0.05, 0.1) is 5.56 Å². The second kappa shape index (κ2) is 8.39. The summed E-state index contributed by atoms with van der Waals surface area (Å²) >= 11 is 0. The molecule has 150 valence electrons. The second-order valence-corrected chi connectivity index (χ2v) is 8.84. The van der Waals surface area contributed by atoms with E-state index in [1.54, 1.807) is 17.0 Å². The molecule has 1 aliphatic carbocycles. The van der Waals surface area contributed by atoms with Gasteiger partial charge in [0.1, 0.15) is 11.4 Å². The SMILES string of the molecule is C=CCC1CCN(C(=O)OC(C)(C)C)C1Cc1cccc(C#CC2CC2)c1F.